The van der Waals surface area contributed by atoms with Crippen LogP contribution in [-0.4, -0.2) is 17.8 Å². The molecule has 1 aromatic rings. The van der Waals surface area contributed by atoms with Crippen LogP contribution in [0.25, 0.3) is 0 Å². The standard InChI is InChI=1S/C12H18BrNOS/c1-8(5-6-15)14-10-3-2-4-11-9(10)7-12(13)16-11/h7-8,10,14-15H,2-6H2,1H3. The van der Waals surface area contributed by atoms with Gasteiger partial charge in [-0.05, 0) is 60.2 Å². The fourth-order valence-electron chi connectivity index (χ4n) is 2.31. The van der Waals surface area contributed by atoms with Gasteiger partial charge in [0.15, 0.2) is 0 Å². The van der Waals surface area contributed by atoms with E-state index in [2.05, 4.69) is 34.2 Å². The molecule has 4 heteroatoms. The zero-order valence-corrected chi connectivity index (χ0v) is 11.9. The summed E-state index contributed by atoms with van der Waals surface area (Å²) in [6, 6.07) is 3.12. The summed E-state index contributed by atoms with van der Waals surface area (Å²) in [4.78, 5) is 1.52. The van der Waals surface area contributed by atoms with Crippen LogP contribution in [0, 0.1) is 0 Å². The molecular formula is C12H18BrNOS. The van der Waals surface area contributed by atoms with Crippen LogP contribution in [0.4, 0.5) is 0 Å². The molecule has 2 nitrogen and oxygen atoms in total. The predicted molar refractivity (Wildman–Crippen MR) is 72.0 cm³/mol. The molecule has 90 valence electrons. The van der Waals surface area contributed by atoms with Crippen molar-refractivity contribution in [3.8, 4) is 0 Å². The van der Waals surface area contributed by atoms with Crippen LogP contribution in [-0.2, 0) is 6.42 Å². The van der Waals surface area contributed by atoms with Crippen molar-refractivity contribution in [3.63, 3.8) is 0 Å². The normalized spacial score (nSPS) is 21.8. The van der Waals surface area contributed by atoms with Gasteiger partial charge in [0.1, 0.15) is 0 Å². The molecule has 0 bridgehead atoms. The first-order valence-corrected chi connectivity index (χ1v) is 7.46. The molecule has 0 fully saturated rings. The van der Waals surface area contributed by atoms with E-state index in [1.807, 2.05) is 11.3 Å². The molecule has 16 heavy (non-hydrogen) atoms. The topological polar surface area (TPSA) is 32.3 Å². The number of hydrogen-bond donors (Lipinski definition) is 2. The van der Waals surface area contributed by atoms with Crippen molar-refractivity contribution in [2.75, 3.05) is 6.61 Å². The van der Waals surface area contributed by atoms with Gasteiger partial charge in [-0.1, -0.05) is 0 Å². The maximum absolute atomic E-state index is 8.92. The van der Waals surface area contributed by atoms with E-state index < -0.39 is 0 Å². The van der Waals surface area contributed by atoms with E-state index in [1.54, 1.807) is 0 Å². The van der Waals surface area contributed by atoms with Crippen molar-refractivity contribution < 1.29 is 5.11 Å². The Balaban J connectivity index is 2.06. The summed E-state index contributed by atoms with van der Waals surface area (Å²) in [5.74, 6) is 0. The first-order chi connectivity index (χ1) is 7.70. The highest BCUT2D eigenvalue weighted by atomic mass is 79.9. The molecule has 1 aliphatic rings. The molecule has 0 aliphatic heterocycles. The third-order valence-electron chi connectivity index (χ3n) is 3.13. The van der Waals surface area contributed by atoms with E-state index in [0.717, 1.165) is 6.42 Å². The van der Waals surface area contributed by atoms with Crippen molar-refractivity contribution in [2.24, 2.45) is 0 Å². The van der Waals surface area contributed by atoms with Gasteiger partial charge in [0.2, 0.25) is 0 Å². The largest absolute Gasteiger partial charge is 0.396 e. The third kappa shape index (κ3) is 2.86. The van der Waals surface area contributed by atoms with Crippen LogP contribution < -0.4 is 5.32 Å². The number of halogens is 1. The van der Waals surface area contributed by atoms with Crippen LogP contribution in [0.5, 0.6) is 0 Å². The lowest BCUT2D eigenvalue weighted by Crippen LogP contribution is -2.32. The van der Waals surface area contributed by atoms with E-state index in [4.69, 9.17) is 5.11 Å². The second-order valence-corrected chi connectivity index (χ2v) is 6.97. The molecule has 2 atom stereocenters. The van der Waals surface area contributed by atoms with Crippen molar-refractivity contribution in [1.29, 1.82) is 0 Å². The van der Waals surface area contributed by atoms with E-state index in [0.29, 0.717) is 12.1 Å². The molecule has 0 aromatic carbocycles. The second-order valence-electron chi connectivity index (χ2n) is 4.45. The van der Waals surface area contributed by atoms with Gasteiger partial charge in [0.25, 0.3) is 0 Å². The number of thiophene rings is 1. The Morgan fingerprint density at radius 3 is 3.25 bits per heavy atom. The van der Waals surface area contributed by atoms with Crippen molar-refractivity contribution in [1.82, 2.24) is 5.32 Å². The summed E-state index contributed by atoms with van der Waals surface area (Å²) < 4.78 is 1.24. The number of rotatable bonds is 4. The Bertz CT molecular complexity index is 353. The SMILES string of the molecule is CC(CCO)NC1CCCc2sc(Br)cc21. The molecule has 1 aliphatic carbocycles. The minimum atomic E-state index is 0.265. The number of aryl methyl sites for hydroxylation is 1. The molecule has 1 aromatic heterocycles. The monoisotopic (exact) mass is 303 g/mol. The zero-order valence-electron chi connectivity index (χ0n) is 9.50. The van der Waals surface area contributed by atoms with E-state index in [-0.39, 0.29) is 6.61 Å². The van der Waals surface area contributed by atoms with Crippen LogP contribution in [0.15, 0.2) is 9.85 Å². The average Bonchev–Trinajstić information content (AvgIpc) is 2.60. The maximum Gasteiger partial charge on any atom is 0.0704 e. The van der Waals surface area contributed by atoms with E-state index in [1.165, 1.54) is 33.5 Å². The lowest BCUT2D eigenvalue weighted by molar-refractivity contribution is 0.260. The second kappa shape index (κ2) is 5.63. The fraction of sp³-hybridized carbons (Fsp3) is 0.667. The molecule has 2 N–H and O–H groups in total. The van der Waals surface area contributed by atoms with E-state index >= 15 is 0 Å². The lowest BCUT2D eigenvalue weighted by Gasteiger charge is -2.27. The molecule has 2 unspecified atom stereocenters. The molecule has 1 heterocycles. The summed E-state index contributed by atoms with van der Waals surface area (Å²) >= 11 is 5.43. The Labute approximate surface area is 109 Å². The molecule has 0 spiro atoms. The minimum Gasteiger partial charge on any atom is -0.396 e. The molecule has 2 rings (SSSR count). The molecule has 0 amide bonds. The maximum atomic E-state index is 8.92. The Hall–Kier alpha value is 0.100. The number of fused-ring (bicyclic) bond motifs is 1. The number of hydrogen-bond acceptors (Lipinski definition) is 3. The Kier molecular flexibility index (Phi) is 4.41. The number of nitrogens with one attached hydrogen (secondary N) is 1. The van der Waals surface area contributed by atoms with Gasteiger partial charge < -0.3 is 10.4 Å². The highest BCUT2D eigenvalue weighted by molar-refractivity contribution is 9.11. The lowest BCUT2D eigenvalue weighted by atomic mass is 9.93. The van der Waals surface area contributed by atoms with Gasteiger partial charge in [0, 0.05) is 23.6 Å². The molecular weight excluding hydrogens is 286 g/mol. The molecule has 0 radical (unpaired) electrons. The van der Waals surface area contributed by atoms with Gasteiger partial charge in [-0.25, -0.2) is 0 Å². The minimum absolute atomic E-state index is 0.265. The van der Waals surface area contributed by atoms with Gasteiger partial charge in [-0.2, -0.15) is 0 Å². The Morgan fingerprint density at radius 1 is 1.69 bits per heavy atom. The van der Waals surface area contributed by atoms with Gasteiger partial charge in [0.05, 0.1) is 3.79 Å². The van der Waals surface area contributed by atoms with Crippen LogP contribution in [0.3, 0.4) is 0 Å². The quantitative estimate of drug-likeness (QED) is 0.895. The van der Waals surface area contributed by atoms with Gasteiger partial charge in [-0.3, -0.25) is 0 Å². The van der Waals surface area contributed by atoms with Crippen LogP contribution >= 0.6 is 27.3 Å². The zero-order chi connectivity index (χ0) is 11.5. The molecule has 0 saturated heterocycles. The third-order valence-corrected chi connectivity index (χ3v) is 4.85. The summed E-state index contributed by atoms with van der Waals surface area (Å²) in [6.07, 6.45) is 4.53. The smallest absolute Gasteiger partial charge is 0.0704 e. The van der Waals surface area contributed by atoms with Crippen LogP contribution in [0.2, 0.25) is 0 Å². The summed E-state index contributed by atoms with van der Waals surface area (Å²) in [7, 11) is 0. The number of aliphatic hydroxyl groups is 1. The molecule has 0 saturated carbocycles. The first-order valence-electron chi connectivity index (χ1n) is 5.85. The summed E-state index contributed by atoms with van der Waals surface area (Å²) in [5.41, 5.74) is 1.47. The number of aliphatic hydroxyl groups excluding tert-OH is 1. The van der Waals surface area contributed by atoms with Crippen LogP contribution in [0.1, 0.15) is 42.7 Å². The first kappa shape index (κ1) is 12.6. The predicted octanol–water partition coefficient (Wildman–Crippen LogP) is 3.25. The van der Waals surface area contributed by atoms with Gasteiger partial charge in [-0.15, -0.1) is 11.3 Å². The van der Waals surface area contributed by atoms with E-state index in [9.17, 15) is 0 Å². The van der Waals surface area contributed by atoms with Crippen molar-refractivity contribution in [2.45, 2.75) is 44.7 Å². The van der Waals surface area contributed by atoms with Gasteiger partial charge >= 0.3 is 0 Å². The highest BCUT2D eigenvalue weighted by Crippen LogP contribution is 2.38. The van der Waals surface area contributed by atoms with Crippen molar-refractivity contribution >= 4 is 27.3 Å². The highest BCUT2D eigenvalue weighted by Gasteiger charge is 2.23. The summed E-state index contributed by atoms with van der Waals surface area (Å²) in [5, 5.41) is 12.5. The Morgan fingerprint density at radius 2 is 2.50 bits per heavy atom. The summed E-state index contributed by atoms with van der Waals surface area (Å²) in [6.45, 7) is 2.41. The van der Waals surface area contributed by atoms with Crippen molar-refractivity contribution in [3.05, 3.63) is 20.3 Å². The fourth-order valence-corrected chi connectivity index (χ4v) is 4.13. The average molecular weight is 304 g/mol.